The standard InChI is InChI=1S/C22H25N3O8S/c1-15-12-16(6-8-18(15)25(28)29)22(27)33-14-21(26)23-17-7-9-19(32-2)20(13-17)34(30,31)24-10-4-3-5-11-24/h6-9,12-13H,3-5,10-11,14H2,1-2H3,(H,23,26). The number of aryl methyl sites for hydroxylation is 1. The molecule has 0 radical (unpaired) electrons. The van der Waals surface area contributed by atoms with E-state index in [1.54, 1.807) is 0 Å². The van der Waals surface area contributed by atoms with Crippen LogP contribution >= 0.6 is 0 Å². The first-order chi connectivity index (χ1) is 16.1. The number of carbonyl (C=O) groups is 2. The molecule has 1 amide bonds. The lowest BCUT2D eigenvalue weighted by Crippen LogP contribution is -2.35. The van der Waals surface area contributed by atoms with Crippen molar-refractivity contribution in [1.29, 1.82) is 0 Å². The van der Waals surface area contributed by atoms with Gasteiger partial charge in [0.15, 0.2) is 6.61 Å². The zero-order valence-electron chi connectivity index (χ0n) is 18.8. The monoisotopic (exact) mass is 491 g/mol. The molecule has 11 nitrogen and oxygen atoms in total. The SMILES string of the molecule is COc1ccc(NC(=O)COC(=O)c2ccc([N+](=O)[O-])c(C)c2)cc1S(=O)(=O)N1CCCCC1. The molecule has 1 aliphatic heterocycles. The van der Waals surface area contributed by atoms with Crippen LogP contribution in [0.3, 0.4) is 0 Å². The molecule has 1 aliphatic rings. The second-order valence-corrected chi connectivity index (χ2v) is 9.62. The summed E-state index contributed by atoms with van der Waals surface area (Å²) in [5.74, 6) is -1.35. The van der Waals surface area contributed by atoms with Crippen LogP contribution in [-0.4, -0.2) is 56.3 Å². The Labute approximate surface area is 196 Å². The first-order valence-corrected chi connectivity index (χ1v) is 12.0. The predicted octanol–water partition coefficient (Wildman–Crippen LogP) is 2.88. The molecule has 1 saturated heterocycles. The van der Waals surface area contributed by atoms with Gasteiger partial charge in [-0.2, -0.15) is 4.31 Å². The number of rotatable bonds is 8. The van der Waals surface area contributed by atoms with Crippen molar-refractivity contribution in [3.05, 3.63) is 57.6 Å². The van der Waals surface area contributed by atoms with Gasteiger partial charge in [-0.05, 0) is 50.1 Å². The molecule has 0 atom stereocenters. The molecule has 3 rings (SSSR count). The number of amides is 1. The lowest BCUT2D eigenvalue weighted by atomic mass is 10.1. The van der Waals surface area contributed by atoms with Gasteiger partial charge in [0.05, 0.1) is 17.6 Å². The normalized spacial score (nSPS) is 14.3. The Morgan fingerprint density at radius 3 is 2.44 bits per heavy atom. The largest absolute Gasteiger partial charge is 0.495 e. The Morgan fingerprint density at radius 1 is 1.12 bits per heavy atom. The van der Waals surface area contributed by atoms with Crippen molar-refractivity contribution in [3.8, 4) is 5.75 Å². The summed E-state index contributed by atoms with van der Waals surface area (Å²) in [6.07, 6.45) is 2.52. The van der Waals surface area contributed by atoms with Gasteiger partial charge in [0, 0.05) is 30.4 Å². The second kappa shape index (κ2) is 10.6. The average molecular weight is 492 g/mol. The van der Waals surface area contributed by atoms with E-state index in [2.05, 4.69) is 5.32 Å². The van der Waals surface area contributed by atoms with Crippen molar-refractivity contribution in [2.75, 3.05) is 32.1 Å². The van der Waals surface area contributed by atoms with E-state index in [1.165, 1.54) is 54.7 Å². The van der Waals surface area contributed by atoms with Gasteiger partial charge in [0.1, 0.15) is 10.6 Å². The number of piperidine rings is 1. The molecular weight excluding hydrogens is 466 g/mol. The quantitative estimate of drug-likeness (QED) is 0.337. The summed E-state index contributed by atoms with van der Waals surface area (Å²) < 4.78 is 37.8. The number of anilines is 1. The Hall–Kier alpha value is -3.51. The van der Waals surface area contributed by atoms with Crippen LogP contribution in [0, 0.1) is 17.0 Å². The van der Waals surface area contributed by atoms with Crippen LogP contribution in [0.2, 0.25) is 0 Å². The number of hydrogen-bond donors (Lipinski definition) is 1. The van der Waals surface area contributed by atoms with Gasteiger partial charge in [-0.3, -0.25) is 14.9 Å². The summed E-state index contributed by atoms with van der Waals surface area (Å²) in [4.78, 5) is 34.8. The third-order valence-electron chi connectivity index (χ3n) is 5.34. The molecule has 12 heteroatoms. The lowest BCUT2D eigenvalue weighted by Gasteiger charge is -2.26. The van der Waals surface area contributed by atoms with Crippen molar-refractivity contribution >= 4 is 33.3 Å². The second-order valence-electron chi connectivity index (χ2n) is 7.71. The summed E-state index contributed by atoms with van der Waals surface area (Å²) in [5.41, 5.74) is 0.410. The molecule has 2 aromatic carbocycles. The molecule has 0 aromatic heterocycles. The number of hydrogen-bond acceptors (Lipinski definition) is 8. The Balaban J connectivity index is 1.68. The molecule has 0 bridgehead atoms. The summed E-state index contributed by atoms with van der Waals surface area (Å²) >= 11 is 0. The van der Waals surface area contributed by atoms with Crippen molar-refractivity contribution < 1.29 is 32.4 Å². The van der Waals surface area contributed by atoms with E-state index in [1.807, 2.05) is 0 Å². The average Bonchev–Trinajstić information content (AvgIpc) is 2.82. The number of nitrogens with one attached hydrogen (secondary N) is 1. The summed E-state index contributed by atoms with van der Waals surface area (Å²) in [7, 11) is -2.45. The van der Waals surface area contributed by atoms with E-state index >= 15 is 0 Å². The zero-order chi connectivity index (χ0) is 24.9. The van der Waals surface area contributed by atoms with Crippen molar-refractivity contribution in [2.45, 2.75) is 31.1 Å². The minimum atomic E-state index is -3.81. The third kappa shape index (κ3) is 5.69. The first-order valence-electron chi connectivity index (χ1n) is 10.5. The van der Waals surface area contributed by atoms with E-state index in [-0.39, 0.29) is 33.1 Å². The molecule has 0 aliphatic carbocycles. The fourth-order valence-electron chi connectivity index (χ4n) is 3.60. The minimum absolute atomic E-state index is 0.0620. The van der Waals surface area contributed by atoms with Crippen LogP contribution in [0.5, 0.6) is 5.75 Å². The summed E-state index contributed by atoms with van der Waals surface area (Å²) in [6, 6.07) is 7.97. The first kappa shape index (κ1) is 25.1. The molecule has 2 aromatic rings. The Kier molecular flexibility index (Phi) is 7.84. The highest BCUT2D eigenvalue weighted by Gasteiger charge is 2.29. The number of esters is 1. The van der Waals surface area contributed by atoms with E-state index in [4.69, 9.17) is 9.47 Å². The van der Waals surface area contributed by atoms with Crippen LogP contribution in [0.4, 0.5) is 11.4 Å². The third-order valence-corrected chi connectivity index (χ3v) is 7.26. The van der Waals surface area contributed by atoms with Crippen molar-refractivity contribution in [1.82, 2.24) is 4.31 Å². The van der Waals surface area contributed by atoms with E-state index < -0.39 is 33.4 Å². The van der Waals surface area contributed by atoms with Crippen LogP contribution in [0.15, 0.2) is 41.3 Å². The predicted molar refractivity (Wildman–Crippen MR) is 122 cm³/mol. The maximum Gasteiger partial charge on any atom is 0.338 e. The number of nitrogens with zero attached hydrogens (tertiary/aromatic N) is 2. The number of nitro benzene ring substituents is 1. The highest BCUT2D eigenvalue weighted by molar-refractivity contribution is 7.89. The van der Waals surface area contributed by atoms with E-state index in [9.17, 15) is 28.1 Å². The molecule has 0 saturated carbocycles. The van der Waals surface area contributed by atoms with Crippen molar-refractivity contribution in [2.24, 2.45) is 0 Å². The van der Waals surface area contributed by atoms with Gasteiger partial charge >= 0.3 is 5.97 Å². The lowest BCUT2D eigenvalue weighted by molar-refractivity contribution is -0.385. The Bertz CT molecular complexity index is 1210. The fraction of sp³-hybridized carbons (Fsp3) is 0.364. The molecule has 0 unspecified atom stereocenters. The molecule has 0 spiro atoms. The number of sulfonamides is 1. The molecular formula is C22H25N3O8S. The number of benzene rings is 2. The highest BCUT2D eigenvalue weighted by Crippen LogP contribution is 2.31. The number of methoxy groups -OCH3 is 1. The summed E-state index contributed by atoms with van der Waals surface area (Å²) in [6.45, 7) is 1.69. The maximum absolute atomic E-state index is 13.1. The van der Waals surface area contributed by atoms with Gasteiger partial charge in [0.25, 0.3) is 11.6 Å². The van der Waals surface area contributed by atoms with Crippen LogP contribution in [0.25, 0.3) is 0 Å². The molecule has 34 heavy (non-hydrogen) atoms. The van der Waals surface area contributed by atoms with Crippen LogP contribution in [0.1, 0.15) is 35.2 Å². The van der Waals surface area contributed by atoms with E-state index in [0.29, 0.717) is 13.1 Å². The minimum Gasteiger partial charge on any atom is -0.495 e. The van der Waals surface area contributed by atoms with E-state index in [0.717, 1.165) is 19.3 Å². The molecule has 1 fully saturated rings. The molecule has 1 heterocycles. The summed E-state index contributed by atoms with van der Waals surface area (Å²) in [5, 5.41) is 13.4. The van der Waals surface area contributed by atoms with Gasteiger partial charge < -0.3 is 14.8 Å². The maximum atomic E-state index is 13.1. The Morgan fingerprint density at radius 2 is 1.82 bits per heavy atom. The van der Waals surface area contributed by atoms with Gasteiger partial charge in [-0.1, -0.05) is 6.42 Å². The van der Waals surface area contributed by atoms with Gasteiger partial charge in [-0.25, -0.2) is 13.2 Å². The smallest absolute Gasteiger partial charge is 0.338 e. The number of carbonyl (C=O) groups excluding carboxylic acids is 2. The highest BCUT2D eigenvalue weighted by atomic mass is 32.2. The van der Waals surface area contributed by atoms with Crippen LogP contribution in [-0.2, 0) is 19.6 Å². The fourth-order valence-corrected chi connectivity index (χ4v) is 5.30. The zero-order valence-corrected chi connectivity index (χ0v) is 19.6. The topological polar surface area (TPSA) is 145 Å². The van der Waals surface area contributed by atoms with Crippen LogP contribution < -0.4 is 10.1 Å². The van der Waals surface area contributed by atoms with Crippen molar-refractivity contribution in [3.63, 3.8) is 0 Å². The van der Waals surface area contributed by atoms with Gasteiger partial charge in [0.2, 0.25) is 10.0 Å². The number of nitro groups is 1. The number of ether oxygens (including phenoxy) is 2. The molecule has 1 N–H and O–H groups in total. The molecule has 182 valence electrons. The van der Waals surface area contributed by atoms with Gasteiger partial charge in [-0.15, -0.1) is 0 Å².